The Bertz CT molecular complexity index is 1560. The zero-order valence-corrected chi connectivity index (χ0v) is 26.9. The molecule has 0 atom stereocenters. The van der Waals surface area contributed by atoms with E-state index < -0.39 is 0 Å². The Morgan fingerprint density at radius 2 is 1.05 bits per heavy atom. The fourth-order valence-electron chi connectivity index (χ4n) is 4.67. The zero-order valence-electron chi connectivity index (χ0n) is 25.6. The summed E-state index contributed by atoms with van der Waals surface area (Å²) in [5.74, 6) is 0.500. The van der Waals surface area contributed by atoms with E-state index in [1.807, 2.05) is 94.4 Å². The molecule has 0 aliphatic rings. The van der Waals surface area contributed by atoms with Crippen LogP contribution in [0.3, 0.4) is 0 Å². The van der Waals surface area contributed by atoms with Gasteiger partial charge in [-0.1, -0.05) is 84.4 Å². The van der Waals surface area contributed by atoms with Crippen LogP contribution < -0.4 is 0 Å². The number of aliphatic hydroxyl groups is 2. The van der Waals surface area contributed by atoms with Crippen LogP contribution in [0.15, 0.2) is 113 Å². The molecule has 0 spiro atoms. The van der Waals surface area contributed by atoms with Crippen molar-refractivity contribution in [2.75, 3.05) is 0 Å². The average Bonchev–Trinajstić information content (AvgIpc) is 2.91. The van der Waals surface area contributed by atoms with Crippen LogP contribution in [-0.2, 0) is 18.6 Å². The van der Waals surface area contributed by atoms with E-state index >= 15 is 0 Å². The molecule has 4 aromatic rings. The molecular weight excluding hydrogens is 555 g/mol. The van der Waals surface area contributed by atoms with Gasteiger partial charge >= 0.3 is 0 Å². The van der Waals surface area contributed by atoms with Crippen molar-refractivity contribution < 1.29 is 28.8 Å². The summed E-state index contributed by atoms with van der Waals surface area (Å²) < 4.78 is 0. The number of rotatable bonds is 6. The summed E-state index contributed by atoms with van der Waals surface area (Å²) in [6.45, 7) is 14.0. The molecule has 0 saturated carbocycles. The van der Waals surface area contributed by atoms with Crippen molar-refractivity contribution in [3.8, 4) is 0 Å². The fourth-order valence-corrected chi connectivity index (χ4v) is 4.67. The SMILES string of the molecule is CC(/C=C(\O)c1c(C)cc(C)cc1C)=Nc1c(C)cccc1C.CC(/C=C(\O)c1ccccc1)=Nc1ccccc1.[V]. The molecule has 0 unspecified atom stereocenters. The minimum atomic E-state index is 0. The van der Waals surface area contributed by atoms with Crippen molar-refractivity contribution in [3.05, 3.63) is 142 Å². The third-order valence-corrected chi connectivity index (χ3v) is 6.48. The van der Waals surface area contributed by atoms with Crippen molar-refractivity contribution in [2.24, 2.45) is 9.98 Å². The van der Waals surface area contributed by atoms with Crippen molar-refractivity contribution in [1.29, 1.82) is 0 Å². The summed E-state index contributed by atoms with van der Waals surface area (Å²) >= 11 is 0. The van der Waals surface area contributed by atoms with Gasteiger partial charge in [0.05, 0.1) is 11.4 Å². The van der Waals surface area contributed by atoms with E-state index in [1.54, 1.807) is 12.2 Å². The van der Waals surface area contributed by atoms with Crippen LogP contribution in [-0.4, -0.2) is 21.6 Å². The first kappa shape index (κ1) is 34.1. The van der Waals surface area contributed by atoms with E-state index in [9.17, 15) is 10.2 Å². The second-order valence-electron chi connectivity index (χ2n) is 10.3. The van der Waals surface area contributed by atoms with Crippen LogP contribution in [0.25, 0.3) is 11.5 Å². The summed E-state index contributed by atoms with van der Waals surface area (Å²) in [4.78, 5) is 9.09. The Labute approximate surface area is 262 Å². The van der Waals surface area contributed by atoms with Crippen LogP contribution in [0.1, 0.15) is 52.8 Å². The number of hydrogen-bond donors (Lipinski definition) is 2. The van der Waals surface area contributed by atoms with Gasteiger partial charge < -0.3 is 10.2 Å². The second-order valence-corrected chi connectivity index (χ2v) is 10.3. The van der Waals surface area contributed by atoms with Gasteiger partial charge in [0, 0.05) is 53.3 Å². The molecule has 42 heavy (non-hydrogen) atoms. The van der Waals surface area contributed by atoms with E-state index in [-0.39, 0.29) is 30.1 Å². The summed E-state index contributed by atoms with van der Waals surface area (Å²) in [5, 5.41) is 20.5. The zero-order chi connectivity index (χ0) is 29.9. The van der Waals surface area contributed by atoms with Gasteiger partial charge in [0.25, 0.3) is 0 Å². The van der Waals surface area contributed by atoms with Gasteiger partial charge in [-0.25, -0.2) is 0 Å². The number of aliphatic imine (C=N–C) groups is 2. The molecule has 4 rings (SSSR count). The van der Waals surface area contributed by atoms with Gasteiger partial charge in [-0.05, 0) is 82.9 Å². The van der Waals surface area contributed by atoms with Crippen LogP contribution in [0, 0.1) is 34.6 Å². The molecule has 0 aromatic heterocycles. The first-order valence-electron chi connectivity index (χ1n) is 13.7. The molecule has 0 aliphatic carbocycles. The first-order valence-corrected chi connectivity index (χ1v) is 13.7. The molecule has 5 heteroatoms. The van der Waals surface area contributed by atoms with Crippen molar-refractivity contribution in [3.63, 3.8) is 0 Å². The van der Waals surface area contributed by atoms with Gasteiger partial charge in [0.15, 0.2) is 0 Å². The standard InChI is InChI=1S/C21H25NO.C16H15NO.V/c1-13-10-16(4)20(17(5)11-13)19(23)12-18(6)22-21-14(2)8-7-9-15(21)3;1-13(17-15-10-6-3-7-11-15)12-16(18)14-8-4-2-5-9-14;/h7-12,23H,1-6H3;2-12,18H,1H3;/b19-12-,22-18?;16-12-,17-13?;. The maximum atomic E-state index is 10.5. The smallest absolute Gasteiger partial charge is 0.125 e. The van der Waals surface area contributed by atoms with E-state index in [4.69, 9.17) is 0 Å². The third-order valence-electron chi connectivity index (χ3n) is 6.48. The van der Waals surface area contributed by atoms with Crippen LogP contribution >= 0.6 is 0 Å². The first-order chi connectivity index (χ1) is 19.5. The van der Waals surface area contributed by atoms with Gasteiger partial charge in [-0.3, -0.25) is 9.98 Å². The minimum Gasteiger partial charge on any atom is -0.507 e. The van der Waals surface area contributed by atoms with E-state index in [0.717, 1.165) is 56.2 Å². The molecule has 0 aliphatic heterocycles. The molecule has 1 radical (unpaired) electrons. The molecular formula is C37H40N2O2V. The number of benzene rings is 4. The molecule has 4 nitrogen and oxygen atoms in total. The van der Waals surface area contributed by atoms with Gasteiger partial charge in [0.2, 0.25) is 0 Å². The summed E-state index contributed by atoms with van der Waals surface area (Å²) in [6, 6.07) is 29.4. The van der Waals surface area contributed by atoms with E-state index in [2.05, 4.69) is 55.0 Å². The molecule has 4 aromatic carbocycles. The van der Waals surface area contributed by atoms with Crippen LogP contribution in [0.5, 0.6) is 0 Å². The normalized spacial score (nSPS) is 12.3. The van der Waals surface area contributed by atoms with E-state index in [1.165, 1.54) is 5.56 Å². The van der Waals surface area contributed by atoms with Gasteiger partial charge in [0.1, 0.15) is 11.5 Å². The van der Waals surface area contributed by atoms with Crippen LogP contribution in [0.4, 0.5) is 11.4 Å². The predicted molar refractivity (Wildman–Crippen MR) is 176 cm³/mol. The molecule has 0 bridgehead atoms. The largest absolute Gasteiger partial charge is 0.507 e. The Kier molecular flexibility index (Phi) is 13.3. The van der Waals surface area contributed by atoms with Gasteiger partial charge in [-0.15, -0.1) is 0 Å². The molecule has 0 saturated heterocycles. The Morgan fingerprint density at radius 3 is 1.60 bits per heavy atom. The topological polar surface area (TPSA) is 65.2 Å². The molecule has 215 valence electrons. The van der Waals surface area contributed by atoms with Crippen molar-refractivity contribution >= 4 is 34.3 Å². The van der Waals surface area contributed by atoms with Crippen molar-refractivity contribution in [1.82, 2.24) is 0 Å². The summed E-state index contributed by atoms with van der Waals surface area (Å²) in [6.07, 6.45) is 3.42. The summed E-state index contributed by atoms with van der Waals surface area (Å²) in [7, 11) is 0. The third kappa shape index (κ3) is 10.1. The molecule has 0 amide bonds. The number of hydrogen-bond acceptors (Lipinski definition) is 4. The Morgan fingerprint density at radius 1 is 0.571 bits per heavy atom. The minimum absolute atomic E-state index is 0. The number of aryl methyl sites for hydroxylation is 5. The molecule has 0 heterocycles. The number of allylic oxidation sites excluding steroid dienone is 2. The number of aliphatic hydroxyl groups excluding tert-OH is 2. The van der Waals surface area contributed by atoms with Crippen LogP contribution in [0.2, 0.25) is 0 Å². The fraction of sp³-hybridized carbons (Fsp3) is 0.189. The number of nitrogens with zero attached hydrogens (tertiary/aromatic N) is 2. The average molecular weight is 596 g/mol. The Balaban J connectivity index is 0.000000295. The molecule has 2 N–H and O–H groups in total. The monoisotopic (exact) mass is 595 g/mol. The maximum absolute atomic E-state index is 10.5. The summed E-state index contributed by atoms with van der Waals surface area (Å²) in [5.41, 5.74) is 10.7. The van der Waals surface area contributed by atoms with Gasteiger partial charge in [-0.2, -0.15) is 0 Å². The quantitative estimate of drug-likeness (QED) is 0.172. The van der Waals surface area contributed by atoms with Crippen molar-refractivity contribution in [2.45, 2.75) is 48.5 Å². The maximum Gasteiger partial charge on any atom is 0.125 e. The second kappa shape index (κ2) is 16.4. The predicted octanol–water partition coefficient (Wildman–Crippen LogP) is 10.3. The Hall–Kier alpha value is -4.12. The van der Waals surface area contributed by atoms with E-state index in [0.29, 0.717) is 0 Å². The molecule has 0 fully saturated rings. The number of para-hydroxylation sites is 2.